The number of likely N-dealkylation sites (tertiary alicyclic amines) is 1. The quantitative estimate of drug-likeness (QED) is 0.774. The molecule has 1 saturated heterocycles. The molecule has 0 amide bonds. The van der Waals surface area contributed by atoms with E-state index in [2.05, 4.69) is 32.6 Å². The van der Waals surface area contributed by atoms with Crippen LogP contribution in [0.4, 0.5) is 0 Å². The summed E-state index contributed by atoms with van der Waals surface area (Å²) in [5.74, 6) is 0.397. The molecule has 0 aliphatic carbocycles. The van der Waals surface area contributed by atoms with Crippen molar-refractivity contribution in [3.63, 3.8) is 0 Å². The minimum Gasteiger partial charge on any atom is -0.393 e. The van der Waals surface area contributed by atoms with Gasteiger partial charge in [0.1, 0.15) is 0 Å². The van der Waals surface area contributed by atoms with E-state index < -0.39 is 0 Å². The van der Waals surface area contributed by atoms with E-state index in [0.29, 0.717) is 5.92 Å². The molecule has 0 spiro atoms. The first-order valence-corrected chi connectivity index (χ1v) is 5.93. The van der Waals surface area contributed by atoms with E-state index >= 15 is 0 Å². The van der Waals surface area contributed by atoms with Gasteiger partial charge in [0.05, 0.1) is 18.3 Å². The highest BCUT2D eigenvalue weighted by Gasteiger charge is 2.23. The summed E-state index contributed by atoms with van der Waals surface area (Å²) in [6.07, 6.45) is 0.793. The zero-order chi connectivity index (χ0) is 11.5. The Labute approximate surface area is 93.4 Å². The van der Waals surface area contributed by atoms with Gasteiger partial charge in [-0.15, -0.1) is 0 Å². The maximum atomic E-state index is 9.59. The van der Waals surface area contributed by atoms with Crippen molar-refractivity contribution in [3.8, 4) is 0 Å². The second kappa shape index (κ2) is 5.28. The van der Waals surface area contributed by atoms with Crippen molar-refractivity contribution < 1.29 is 9.84 Å². The number of aliphatic hydroxyl groups is 1. The smallest absolute Gasteiger partial charge is 0.0600 e. The summed E-state index contributed by atoms with van der Waals surface area (Å²) in [5.41, 5.74) is -0.0408. The van der Waals surface area contributed by atoms with Gasteiger partial charge in [0.15, 0.2) is 0 Å². The van der Waals surface area contributed by atoms with E-state index in [1.807, 2.05) is 0 Å². The summed E-state index contributed by atoms with van der Waals surface area (Å²) in [5, 5.41) is 9.59. The summed E-state index contributed by atoms with van der Waals surface area (Å²) in [6.45, 7) is 12.1. The number of piperidine rings is 1. The first kappa shape index (κ1) is 12.9. The van der Waals surface area contributed by atoms with Gasteiger partial charge in [-0.25, -0.2) is 0 Å². The summed E-state index contributed by atoms with van der Waals surface area (Å²) < 4.78 is 5.69. The molecule has 3 nitrogen and oxygen atoms in total. The molecule has 1 aliphatic heterocycles. The van der Waals surface area contributed by atoms with Crippen LogP contribution in [0.3, 0.4) is 0 Å². The van der Waals surface area contributed by atoms with Crippen molar-refractivity contribution in [1.82, 2.24) is 4.90 Å². The zero-order valence-electron chi connectivity index (χ0n) is 10.5. The largest absolute Gasteiger partial charge is 0.393 e. The molecular weight excluding hydrogens is 190 g/mol. The Morgan fingerprint density at radius 1 is 1.40 bits per heavy atom. The van der Waals surface area contributed by atoms with Crippen LogP contribution in [0.5, 0.6) is 0 Å². The number of nitrogens with zero attached hydrogens (tertiary/aromatic N) is 1. The lowest BCUT2D eigenvalue weighted by Gasteiger charge is -2.34. The molecule has 0 aromatic rings. The number of ether oxygens (including phenoxy) is 1. The van der Waals surface area contributed by atoms with Crippen LogP contribution < -0.4 is 0 Å². The SMILES string of the molecule is CC1CN(CCOC(C)(C)C)CCC1O. The molecule has 0 radical (unpaired) electrons. The number of hydrogen-bond donors (Lipinski definition) is 1. The van der Waals surface area contributed by atoms with Gasteiger partial charge in [0.2, 0.25) is 0 Å². The van der Waals surface area contributed by atoms with Crippen LogP contribution >= 0.6 is 0 Å². The fraction of sp³-hybridized carbons (Fsp3) is 1.00. The van der Waals surface area contributed by atoms with Crippen LogP contribution in [0.2, 0.25) is 0 Å². The maximum Gasteiger partial charge on any atom is 0.0600 e. The third kappa shape index (κ3) is 4.96. The topological polar surface area (TPSA) is 32.7 Å². The predicted octanol–water partition coefficient (Wildman–Crippen LogP) is 1.50. The lowest BCUT2D eigenvalue weighted by Crippen LogP contribution is -2.43. The maximum absolute atomic E-state index is 9.59. The molecule has 0 aromatic carbocycles. The number of hydrogen-bond acceptors (Lipinski definition) is 3. The van der Waals surface area contributed by atoms with Crippen LogP contribution in [-0.4, -0.2) is 48.0 Å². The van der Waals surface area contributed by atoms with Crippen molar-refractivity contribution in [2.75, 3.05) is 26.2 Å². The van der Waals surface area contributed by atoms with E-state index in [-0.39, 0.29) is 11.7 Å². The van der Waals surface area contributed by atoms with Gasteiger partial charge < -0.3 is 14.7 Å². The van der Waals surface area contributed by atoms with Crippen LogP contribution in [0.1, 0.15) is 34.1 Å². The third-order valence-corrected chi connectivity index (χ3v) is 2.89. The Morgan fingerprint density at radius 2 is 2.07 bits per heavy atom. The van der Waals surface area contributed by atoms with E-state index in [1.54, 1.807) is 0 Å². The minimum atomic E-state index is -0.107. The highest BCUT2D eigenvalue weighted by molar-refractivity contribution is 4.77. The average molecular weight is 215 g/mol. The molecular formula is C12H25NO2. The lowest BCUT2D eigenvalue weighted by molar-refractivity contribution is -0.0273. The first-order valence-electron chi connectivity index (χ1n) is 5.93. The van der Waals surface area contributed by atoms with Gasteiger partial charge >= 0.3 is 0 Å². The Kier molecular flexibility index (Phi) is 4.56. The van der Waals surface area contributed by atoms with Crippen molar-refractivity contribution in [2.24, 2.45) is 5.92 Å². The molecule has 0 bridgehead atoms. The Hall–Kier alpha value is -0.120. The highest BCUT2D eigenvalue weighted by Crippen LogP contribution is 2.16. The second-order valence-electron chi connectivity index (χ2n) is 5.59. The summed E-state index contributed by atoms with van der Waals surface area (Å²) >= 11 is 0. The molecule has 15 heavy (non-hydrogen) atoms. The van der Waals surface area contributed by atoms with E-state index in [1.165, 1.54) is 0 Å². The fourth-order valence-corrected chi connectivity index (χ4v) is 1.90. The fourth-order valence-electron chi connectivity index (χ4n) is 1.90. The van der Waals surface area contributed by atoms with Crippen LogP contribution in [0.25, 0.3) is 0 Å². The standard InChI is InChI=1S/C12H25NO2/c1-10-9-13(6-5-11(10)14)7-8-15-12(2,3)4/h10-11,14H,5-9H2,1-4H3. The van der Waals surface area contributed by atoms with Crippen molar-refractivity contribution in [3.05, 3.63) is 0 Å². The van der Waals surface area contributed by atoms with Gasteiger partial charge in [0, 0.05) is 19.6 Å². The van der Waals surface area contributed by atoms with Crippen molar-refractivity contribution in [2.45, 2.75) is 45.8 Å². The van der Waals surface area contributed by atoms with Gasteiger partial charge in [0.25, 0.3) is 0 Å². The van der Waals surface area contributed by atoms with Crippen LogP contribution in [0.15, 0.2) is 0 Å². The summed E-state index contributed by atoms with van der Waals surface area (Å²) in [4.78, 5) is 2.38. The third-order valence-electron chi connectivity index (χ3n) is 2.89. The first-order chi connectivity index (χ1) is 6.88. The molecule has 1 heterocycles. The molecule has 1 N–H and O–H groups in total. The van der Waals surface area contributed by atoms with Gasteiger partial charge in [-0.05, 0) is 33.1 Å². The monoisotopic (exact) mass is 215 g/mol. The molecule has 1 fully saturated rings. The predicted molar refractivity (Wildman–Crippen MR) is 61.9 cm³/mol. The molecule has 0 aromatic heterocycles. The van der Waals surface area contributed by atoms with Gasteiger partial charge in [-0.3, -0.25) is 0 Å². The Balaban J connectivity index is 2.17. The molecule has 0 saturated carbocycles. The van der Waals surface area contributed by atoms with Gasteiger partial charge in [-0.1, -0.05) is 6.92 Å². The lowest BCUT2D eigenvalue weighted by atomic mass is 9.97. The number of aliphatic hydroxyl groups excluding tert-OH is 1. The molecule has 2 atom stereocenters. The van der Waals surface area contributed by atoms with Gasteiger partial charge in [-0.2, -0.15) is 0 Å². The van der Waals surface area contributed by atoms with E-state index in [9.17, 15) is 5.11 Å². The van der Waals surface area contributed by atoms with Crippen molar-refractivity contribution >= 4 is 0 Å². The summed E-state index contributed by atoms with van der Waals surface area (Å²) in [7, 11) is 0. The molecule has 90 valence electrons. The molecule has 2 unspecified atom stereocenters. The minimum absolute atomic E-state index is 0.0408. The normalized spacial score (nSPS) is 29.4. The van der Waals surface area contributed by atoms with Crippen molar-refractivity contribution in [1.29, 1.82) is 0 Å². The van der Waals surface area contributed by atoms with E-state index in [4.69, 9.17) is 4.74 Å². The van der Waals surface area contributed by atoms with Crippen LogP contribution in [-0.2, 0) is 4.74 Å². The summed E-state index contributed by atoms with van der Waals surface area (Å²) in [6, 6.07) is 0. The Bertz CT molecular complexity index is 189. The van der Waals surface area contributed by atoms with Crippen LogP contribution in [0, 0.1) is 5.92 Å². The highest BCUT2D eigenvalue weighted by atomic mass is 16.5. The second-order valence-corrected chi connectivity index (χ2v) is 5.59. The Morgan fingerprint density at radius 3 is 2.60 bits per heavy atom. The van der Waals surface area contributed by atoms with E-state index in [0.717, 1.165) is 32.7 Å². The zero-order valence-corrected chi connectivity index (χ0v) is 10.5. The molecule has 3 heteroatoms. The molecule has 1 aliphatic rings. The molecule has 1 rings (SSSR count). The average Bonchev–Trinajstić information content (AvgIpc) is 2.09. The number of rotatable bonds is 3.